The zero-order valence-corrected chi connectivity index (χ0v) is 13.6. The van der Waals surface area contributed by atoms with Crippen LogP contribution in [0, 0.1) is 13.8 Å². The van der Waals surface area contributed by atoms with Gasteiger partial charge in [0.2, 0.25) is 0 Å². The Morgan fingerprint density at radius 1 is 1.09 bits per heavy atom. The van der Waals surface area contributed by atoms with Crippen LogP contribution in [0.5, 0.6) is 0 Å². The van der Waals surface area contributed by atoms with Gasteiger partial charge in [-0.15, -0.1) is 0 Å². The second kappa shape index (κ2) is 6.21. The SMILES string of the molecule is CCOC(=O)c1nc2ccc(C)cc2c(-c2ccccc2)c1C. The molecule has 0 bridgehead atoms. The van der Waals surface area contributed by atoms with E-state index in [2.05, 4.69) is 30.1 Å². The van der Waals surface area contributed by atoms with Gasteiger partial charge in [0, 0.05) is 5.39 Å². The minimum atomic E-state index is -0.371. The van der Waals surface area contributed by atoms with E-state index in [1.807, 2.05) is 37.3 Å². The third-order valence-electron chi connectivity index (χ3n) is 3.92. The maximum Gasteiger partial charge on any atom is 0.357 e. The number of esters is 1. The second-order valence-electron chi connectivity index (χ2n) is 5.57. The van der Waals surface area contributed by atoms with Crippen molar-refractivity contribution in [1.29, 1.82) is 0 Å². The zero-order chi connectivity index (χ0) is 16.4. The quantitative estimate of drug-likeness (QED) is 0.659. The van der Waals surface area contributed by atoms with E-state index in [0.29, 0.717) is 12.3 Å². The summed E-state index contributed by atoms with van der Waals surface area (Å²) >= 11 is 0. The standard InChI is InChI=1S/C20H19NO2/c1-4-23-20(22)19-14(3)18(15-8-6-5-7-9-15)16-12-13(2)10-11-17(16)21-19/h5-12H,4H2,1-3H3. The summed E-state index contributed by atoms with van der Waals surface area (Å²) in [6, 6.07) is 16.2. The molecule has 0 aliphatic carbocycles. The molecule has 3 heteroatoms. The molecule has 0 radical (unpaired) electrons. The Bertz CT molecular complexity index is 870. The number of rotatable bonds is 3. The number of fused-ring (bicyclic) bond motifs is 1. The number of aryl methyl sites for hydroxylation is 1. The Kier molecular flexibility index (Phi) is 4.11. The van der Waals surface area contributed by atoms with Gasteiger partial charge in [0.15, 0.2) is 5.69 Å². The monoisotopic (exact) mass is 305 g/mol. The highest BCUT2D eigenvalue weighted by atomic mass is 16.5. The Labute approximate surface area is 135 Å². The Morgan fingerprint density at radius 2 is 1.83 bits per heavy atom. The predicted octanol–water partition coefficient (Wildman–Crippen LogP) is 4.70. The normalized spacial score (nSPS) is 10.7. The van der Waals surface area contributed by atoms with Gasteiger partial charge in [0.25, 0.3) is 0 Å². The summed E-state index contributed by atoms with van der Waals surface area (Å²) in [4.78, 5) is 16.8. The summed E-state index contributed by atoms with van der Waals surface area (Å²) in [5.41, 5.74) is 5.34. The Morgan fingerprint density at radius 3 is 2.52 bits per heavy atom. The summed E-state index contributed by atoms with van der Waals surface area (Å²) < 4.78 is 5.17. The molecule has 0 N–H and O–H groups in total. The summed E-state index contributed by atoms with van der Waals surface area (Å²) in [5.74, 6) is -0.371. The first-order chi connectivity index (χ1) is 11.1. The van der Waals surface area contributed by atoms with Crippen LogP contribution in [-0.2, 0) is 4.74 Å². The summed E-state index contributed by atoms with van der Waals surface area (Å²) in [6.07, 6.45) is 0. The number of carbonyl (C=O) groups excluding carboxylic acids is 1. The van der Waals surface area contributed by atoms with Crippen LogP contribution in [-0.4, -0.2) is 17.6 Å². The first-order valence-electron chi connectivity index (χ1n) is 7.75. The molecule has 3 aromatic rings. The largest absolute Gasteiger partial charge is 0.461 e. The van der Waals surface area contributed by atoms with Crippen LogP contribution in [0.2, 0.25) is 0 Å². The van der Waals surface area contributed by atoms with Crippen molar-refractivity contribution >= 4 is 16.9 Å². The van der Waals surface area contributed by atoms with Crippen LogP contribution in [0.25, 0.3) is 22.0 Å². The fraction of sp³-hybridized carbons (Fsp3) is 0.200. The van der Waals surface area contributed by atoms with E-state index in [1.54, 1.807) is 6.92 Å². The lowest BCUT2D eigenvalue weighted by atomic mass is 9.94. The average molecular weight is 305 g/mol. The average Bonchev–Trinajstić information content (AvgIpc) is 2.55. The number of carbonyl (C=O) groups is 1. The molecule has 0 aliphatic heterocycles. The minimum Gasteiger partial charge on any atom is -0.461 e. The molecule has 0 unspecified atom stereocenters. The lowest BCUT2D eigenvalue weighted by Crippen LogP contribution is -2.10. The molecule has 23 heavy (non-hydrogen) atoms. The van der Waals surface area contributed by atoms with Gasteiger partial charge in [-0.3, -0.25) is 0 Å². The summed E-state index contributed by atoms with van der Waals surface area (Å²) in [5, 5.41) is 1.06. The van der Waals surface area contributed by atoms with E-state index in [4.69, 9.17) is 4.74 Å². The molecule has 3 rings (SSSR count). The molecule has 0 amide bonds. The number of nitrogens with zero attached hydrogens (tertiary/aromatic N) is 1. The molecule has 0 saturated heterocycles. The van der Waals surface area contributed by atoms with Crippen molar-refractivity contribution in [3.63, 3.8) is 0 Å². The molecule has 0 aliphatic rings. The molecular weight excluding hydrogens is 286 g/mol. The third-order valence-corrected chi connectivity index (χ3v) is 3.92. The van der Waals surface area contributed by atoms with Crippen molar-refractivity contribution in [3.05, 3.63) is 65.4 Å². The number of hydrogen-bond donors (Lipinski definition) is 0. The fourth-order valence-electron chi connectivity index (χ4n) is 2.85. The van der Waals surface area contributed by atoms with Crippen LogP contribution in [0.3, 0.4) is 0 Å². The molecule has 0 saturated carbocycles. The highest BCUT2D eigenvalue weighted by Gasteiger charge is 2.19. The van der Waals surface area contributed by atoms with Gasteiger partial charge in [0.05, 0.1) is 12.1 Å². The van der Waals surface area contributed by atoms with E-state index in [0.717, 1.165) is 27.6 Å². The molecule has 0 atom stereocenters. The van der Waals surface area contributed by atoms with Gasteiger partial charge in [0.1, 0.15) is 0 Å². The molecular formula is C20H19NO2. The maximum atomic E-state index is 12.3. The number of aromatic nitrogens is 1. The highest BCUT2D eigenvalue weighted by Crippen LogP contribution is 2.33. The van der Waals surface area contributed by atoms with Gasteiger partial charge in [-0.2, -0.15) is 0 Å². The first-order valence-corrected chi connectivity index (χ1v) is 7.75. The highest BCUT2D eigenvalue weighted by molar-refractivity contribution is 6.02. The molecule has 2 aromatic carbocycles. The van der Waals surface area contributed by atoms with E-state index in [1.165, 1.54) is 5.56 Å². The fourth-order valence-corrected chi connectivity index (χ4v) is 2.85. The number of pyridine rings is 1. The van der Waals surface area contributed by atoms with Gasteiger partial charge in [-0.1, -0.05) is 42.0 Å². The second-order valence-corrected chi connectivity index (χ2v) is 5.57. The van der Waals surface area contributed by atoms with E-state index in [9.17, 15) is 4.79 Å². The molecule has 0 fully saturated rings. The van der Waals surface area contributed by atoms with Crippen LogP contribution in [0.1, 0.15) is 28.5 Å². The van der Waals surface area contributed by atoms with E-state index >= 15 is 0 Å². The van der Waals surface area contributed by atoms with Crippen molar-refractivity contribution in [2.75, 3.05) is 6.61 Å². The Balaban J connectivity index is 2.36. The predicted molar refractivity (Wildman–Crippen MR) is 92.6 cm³/mol. The summed E-state index contributed by atoms with van der Waals surface area (Å²) in [6.45, 7) is 6.13. The number of ether oxygens (including phenoxy) is 1. The van der Waals surface area contributed by atoms with Crippen molar-refractivity contribution in [1.82, 2.24) is 4.98 Å². The number of hydrogen-bond acceptors (Lipinski definition) is 3. The Hall–Kier alpha value is -2.68. The molecule has 1 heterocycles. The van der Waals surface area contributed by atoms with Crippen molar-refractivity contribution in [2.24, 2.45) is 0 Å². The molecule has 0 spiro atoms. The summed E-state index contributed by atoms with van der Waals surface area (Å²) in [7, 11) is 0. The minimum absolute atomic E-state index is 0.340. The smallest absolute Gasteiger partial charge is 0.357 e. The van der Waals surface area contributed by atoms with Crippen molar-refractivity contribution in [3.8, 4) is 11.1 Å². The van der Waals surface area contributed by atoms with Gasteiger partial charge < -0.3 is 4.74 Å². The maximum absolute atomic E-state index is 12.3. The topological polar surface area (TPSA) is 39.2 Å². The van der Waals surface area contributed by atoms with Crippen LogP contribution >= 0.6 is 0 Å². The molecule has 116 valence electrons. The van der Waals surface area contributed by atoms with Crippen LogP contribution in [0.15, 0.2) is 48.5 Å². The molecule has 1 aromatic heterocycles. The van der Waals surface area contributed by atoms with E-state index in [-0.39, 0.29) is 5.97 Å². The van der Waals surface area contributed by atoms with Crippen LogP contribution in [0.4, 0.5) is 0 Å². The van der Waals surface area contributed by atoms with Gasteiger partial charge in [-0.05, 0) is 49.6 Å². The molecule has 3 nitrogen and oxygen atoms in total. The third kappa shape index (κ3) is 2.82. The van der Waals surface area contributed by atoms with Gasteiger partial charge in [-0.25, -0.2) is 9.78 Å². The van der Waals surface area contributed by atoms with Crippen molar-refractivity contribution in [2.45, 2.75) is 20.8 Å². The van der Waals surface area contributed by atoms with Crippen molar-refractivity contribution < 1.29 is 9.53 Å². The van der Waals surface area contributed by atoms with Crippen LogP contribution < -0.4 is 0 Å². The van der Waals surface area contributed by atoms with Gasteiger partial charge >= 0.3 is 5.97 Å². The van der Waals surface area contributed by atoms with E-state index < -0.39 is 0 Å². The first kappa shape index (κ1) is 15.2. The zero-order valence-electron chi connectivity index (χ0n) is 13.6. The lowest BCUT2D eigenvalue weighted by molar-refractivity contribution is 0.0519. The number of benzene rings is 2. The lowest BCUT2D eigenvalue weighted by Gasteiger charge is -2.14.